The van der Waals surface area contributed by atoms with E-state index in [1.807, 2.05) is 60.7 Å². The molecule has 172 valence electrons. The third kappa shape index (κ3) is 5.88. The van der Waals surface area contributed by atoms with Crippen LogP contribution in [0.5, 0.6) is 5.75 Å². The molecule has 0 bridgehead atoms. The molecule has 3 aromatic carbocycles. The lowest BCUT2D eigenvalue weighted by molar-refractivity contribution is -0.111. The molecule has 1 N–H and O–H groups in total. The minimum Gasteiger partial charge on any atom is -0.497 e. The zero-order valence-electron chi connectivity index (χ0n) is 19.0. The maximum atomic E-state index is 13.2. The summed E-state index contributed by atoms with van der Waals surface area (Å²) in [6, 6.07) is 23.0. The van der Waals surface area contributed by atoms with E-state index in [-0.39, 0.29) is 10.8 Å². The number of anilines is 1. The summed E-state index contributed by atoms with van der Waals surface area (Å²) in [5, 5.41) is 2.88. The fourth-order valence-corrected chi connectivity index (χ4v) is 4.84. The molecule has 0 saturated heterocycles. The van der Waals surface area contributed by atoms with Crippen molar-refractivity contribution in [1.29, 1.82) is 0 Å². The van der Waals surface area contributed by atoms with Crippen molar-refractivity contribution in [3.63, 3.8) is 0 Å². The van der Waals surface area contributed by atoms with Crippen LogP contribution in [0.2, 0.25) is 0 Å². The van der Waals surface area contributed by atoms with E-state index in [1.165, 1.54) is 16.4 Å². The van der Waals surface area contributed by atoms with Gasteiger partial charge in [0.1, 0.15) is 5.75 Å². The number of amides is 1. The molecule has 0 aliphatic rings. The molecule has 0 aliphatic carbocycles. The summed E-state index contributed by atoms with van der Waals surface area (Å²) >= 11 is 0. The molecule has 0 saturated carbocycles. The third-order valence-corrected chi connectivity index (χ3v) is 7.28. The van der Waals surface area contributed by atoms with Gasteiger partial charge in [0.05, 0.1) is 12.0 Å². The van der Waals surface area contributed by atoms with Crippen molar-refractivity contribution in [3.05, 3.63) is 90.0 Å². The zero-order chi connectivity index (χ0) is 23.8. The first-order valence-corrected chi connectivity index (χ1v) is 12.2. The van der Waals surface area contributed by atoms with Gasteiger partial charge in [-0.15, -0.1) is 0 Å². The molecular weight excluding hydrogens is 436 g/mol. The lowest BCUT2D eigenvalue weighted by Gasteiger charge is -2.18. The van der Waals surface area contributed by atoms with E-state index in [0.29, 0.717) is 24.4 Å². The first-order chi connectivity index (χ1) is 15.9. The van der Waals surface area contributed by atoms with Crippen molar-refractivity contribution < 1.29 is 17.9 Å². The Kier molecular flexibility index (Phi) is 8.03. The summed E-state index contributed by atoms with van der Waals surface area (Å²) in [6.07, 6.45) is 1.81. The summed E-state index contributed by atoms with van der Waals surface area (Å²) < 4.78 is 32.0. The second kappa shape index (κ2) is 10.9. The quantitative estimate of drug-likeness (QED) is 0.361. The molecule has 0 aliphatic heterocycles. The molecule has 3 aromatic rings. The maximum absolute atomic E-state index is 13.2. The number of rotatable bonds is 9. The van der Waals surface area contributed by atoms with Crippen molar-refractivity contribution in [2.45, 2.75) is 18.7 Å². The lowest BCUT2D eigenvalue weighted by Crippen LogP contribution is -2.30. The first-order valence-electron chi connectivity index (χ1n) is 10.7. The third-order valence-electron chi connectivity index (χ3n) is 5.21. The molecule has 1 amide bonds. The number of nitrogens with one attached hydrogen (secondary N) is 1. The highest BCUT2D eigenvalue weighted by Gasteiger charge is 2.21. The van der Waals surface area contributed by atoms with Crippen molar-refractivity contribution >= 4 is 33.3 Å². The Balaban J connectivity index is 1.87. The first kappa shape index (κ1) is 24.2. The summed E-state index contributed by atoms with van der Waals surface area (Å²) in [6.45, 7) is 4.40. The van der Waals surface area contributed by atoms with Crippen molar-refractivity contribution in [2.75, 3.05) is 25.5 Å². The monoisotopic (exact) mass is 464 g/mol. The number of carbonyl (C=O) groups excluding carboxylic acids is 1. The van der Waals surface area contributed by atoms with Gasteiger partial charge in [-0.1, -0.05) is 56.3 Å². The smallest absolute Gasteiger partial charge is 0.256 e. The molecule has 0 unspecified atom stereocenters. The highest BCUT2D eigenvalue weighted by molar-refractivity contribution is 7.89. The minimum atomic E-state index is -3.55. The predicted octanol–water partition coefficient (Wildman–Crippen LogP) is 4.91. The van der Waals surface area contributed by atoms with Crippen LogP contribution >= 0.6 is 0 Å². The Bertz CT molecular complexity index is 1200. The fourth-order valence-electron chi connectivity index (χ4n) is 3.39. The second-order valence-electron chi connectivity index (χ2n) is 7.27. The van der Waals surface area contributed by atoms with E-state index in [9.17, 15) is 13.2 Å². The summed E-state index contributed by atoms with van der Waals surface area (Å²) in [4.78, 5) is 13.4. The number of nitrogens with zero attached hydrogens (tertiary/aromatic N) is 1. The average Bonchev–Trinajstić information content (AvgIpc) is 2.84. The predicted molar refractivity (Wildman–Crippen MR) is 132 cm³/mol. The topological polar surface area (TPSA) is 75.7 Å². The molecule has 33 heavy (non-hydrogen) atoms. The highest BCUT2D eigenvalue weighted by Crippen LogP contribution is 2.23. The summed E-state index contributed by atoms with van der Waals surface area (Å²) in [7, 11) is -1.95. The number of carbonyl (C=O) groups is 1. The van der Waals surface area contributed by atoms with E-state index in [4.69, 9.17) is 4.74 Å². The molecule has 0 radical (unpaired) electrons. The number of methoxy groups -OCH3 is 1. The van der Waals surface area contributed by atoms with E-state index in [2.05, 4.69) is 5.32 Å². The number of ether oxygens (including phenoxy) is 1. The molecule has 0 atom stereocenters. The maximum Gasteiger partial charge on any atom is 0.256 e. The fraction of sp³-hybridized carbons (Fsp3) is 0.192. The van der Waals surface area contributed by atoms with Crippen LogP contribution in [0.1, 0.15) is 25.0 Å². The molecular formula is C26H28N2O4S. The summed E-state index contributed by atoms with van der Waals surface area (Å²) in [5.41, 5.74) is 2.62. The Hall–Kier alpha value is -3.42. The van der Waals surface area contributed by atoms with Gasteiger partial charge in [-0.3, -0.25) is 4.79 Å². The SMILES string of the molecule is CCN(CC)S(=O)(=O)c1ccc(NC(=O)/C(=C/c2ccc(OC)cc2)c2ccccc2)cc1. The van der Waals surface area contributed by atoms with Gasteiger partial charge in [-0.25, -0.2) is 8.42 Å². The van der Waals surface area contributed by atoms with Gasteiger partial charge >= 0.3 is 0 Å². The minimum absolute atomic E-state index is 0.196. The van der Waals surface area contributed by atoms with Gasteiger partial charge in [-0.05, 0) is 53.6 Å². The molecule has 6 nitrogen and oxygen atoms in total. The average molecular weight is 465 g/mol. The number of sulfonamides is 1. The molecule has 0 aromatic heterocycles. The highest BCUT2D eigenvalue weighted by atomic mass is 32.2. The number of benzene rings is 3. The molecule has 0 spiro atoms. The van der Waals surface area contributed by atoms with Gasteiger partial charge in [0.2, 0.25) is 10.0 Å². The lowest BCUT2D eigenvalue weighted by atomic mass is 10.0. The summed E-state index contributed by atoms with van der Waals surface area (Å²) in [5.74, 6) is 0.439. The van der Waals surface area contributed by atoms with Crippen molar-refractivity contribution in [1.82, 2.24) is 4.31 Å². The van der Waals surface area contributed by atoms with Crippen LogP contribution in [0, 0.1) is 0 Å². The molecule has 7 heteroatoms. The molecule has 0 fully saturated rings. The van der Waals surface area contributed by atoms with Crippen LogP contribution in [-0.4, -0.2) is 38.8 Å². The van der Waals surface area contributed by atoms with Gasteiger partial charge in [0, 0.05) is 24.4 Å². The normalized spacial score (nSPS) is 11.9. The van der Waals surface area contributed by atoms with Crippen LogP contribution in [0.3, 0.4) is 0 Å². The second-order valence-corrected chi connectivity index (χ2v) is 9.20. The molecule has 3 rings (SSSR count). The van der Waals surface area contributed by atoms with Crippen LogP contribution in [-0.2, 0) is 14.8 Å². The van der Waals surface area contributed by atoms with Crippen molar-refractivity contribution in [2.24, 2.45) is 0 Å². The standard InChI is InChI=1S/C26H28N2O4S/c1-4-28(5-2)33(30,31)24-17-13-22(14-18-24)27-26(29)25(21-9-7-6-8-10-21)19-20-11-15-23(32-3)16-12-20/h6-19H,4-5H2,1-3H3,(H,27,29)/b25-19+. The Morgan fingerprint density at radius 3 is 2.06 bits per heavy atom. The number of hydrogen-bond donors (Lipinski definition) is 1. The molecule has 0 heterocycles. The van der Waals surface area contributed by atoms with Crippen LogP contribution in [0.25, 0.3) is 11.6 Å². The van der Waals surface area contributed by atoms with Crippen LogP contribution in [0.4, 0.5) is 5.69 Å². The Morgan fingerprint density at radius 2 is 1.52 bits per heavy atom. The van der Waals surface area contributed by atoms with Gasteiger partial charge in [0.25, 0.3) is 5.91 Å². The van der Waals surface area contributed by atoms with E-state index in [0.717, 1.165) is 16.9 Å². The van der Waals surface area contributed by atoms with E-state index >= 15 is 0 Å². The Morgan fingerprint density at radius 1 is 0.909 bits per heavy atom. The van der Waals surface area contributed by atoms with Gasteiger partial charge in [0.15, 0.2) is 0 Å². The van der Waals surface area contributed by atoms with Crippen molar-refractivity contribution in [3.8, 4) is 5.75 Å². The number of hydrogen-bond acceptors (Lipinski definition) is 4. The van der Waals surface area contributed by atoms with E-state index in [1.54, 1.807) is 33.1 Å². The zero-order valence-corrected chi connectivity index (χ0v) is 19.8. The van der Waals surface area contributed by atoms with E-state index < -0.39 is 10.0 Å². The van der Waals surface area contributed by atoms with Gasteiger partial charge < -0.3 is 10.1 Å². The van der Waals surface area contributed by atoms with Crippen LogP contribution in [0.15, 0.2) is 83.8 Å². The van der Waals surface area contributed by atoms with Crippen LogP contribution < -0.4 is 10.1 Å². The largest absolute Gasteiger partial charge is 0.497 e. The Labute approximate surface area is 195 Å². The van der Waals surface area contributed by atoms with Gasteiger partial charge in [-0.2, -0.15) is 4.31 Å².